The summed E-state index contributed by atoms with van der Waals surface area (Å²) in [6, 6.07) is 3.36. The molecule has 0 aliphatic rings. The van der Waals surface area contributed by atoms with Crippen molar-refractivity contribution in [2.24, 2.45) is 0 Å². The van der Waals surface area contributed by atoms with Crippen LogP contribution in [0, 0.1) is 11.3 Å². The minimum atomic E-state index is -2.65. The molecule has 0 spiro atoms. The fourth-order valence-corrected chi connectivity index (χ4v) is 1.69. The van der Waals surface area contributed by atoms with Crippen molar-refractivity contribution in [3.8, 4) is 6.07 Å². The van der Waals surface area contributed by atoms with Gasteiger partial charge in [0, 0.05) is 5.33 Å². The zero-order valence-corrected chi connectivity index (χ0v) is 9.26. The second-order valence-electron chi connectivity index (χ2n) is 2.84. The molecular formula is C9H8BrF2N3. The fourth-order valence-electron chi connectivity index (χ4n) is 1.22. The Morgan fingerprint density at radius 1 is 1.60 bits per heavy atom. The number of rotatable bonds is 3. The summed E-state index contributed by atoms with van der Waals surface area (Å²) in [5.41, 5.74) is 5.94. The van der Waals surface area contributed by atoms with Gasteiger partial charge in [-0.1, -0.05) is 15.9 Å². The van der Waals surface area contributed by atoms with Crippen LogP contribution in [0.3, 0.4) is 0 Å². The Labute approximate surface area is 94.0 Å². The number of pyridine rings is 1. The molecule has 0 aromatic carbocycles. The first-order valence-electron chi connectivity index (χ1n) is 4.09. The molecule has 1 aromatic rings. The van der Waals surface area contributed by atoms with Gasteiger partial charge < -0.3 is 5.73 Å². The molecule has 0 unspecified atom stereocenters. The van der Waals surface area contributed by atoms with Gasteiger partial charge in [0.2, 0.25) is 0 Å². The standard InChI is InChI=1S/C9H8BrF2N3/c10-4-5-3-6(1-2-13)15-9(14)7(5)8(11)12/h3,8H,1,4H2,(H2,14,15). The predicted octanol–water partition coefficient (Wildman–Crippen LogP) is 2.56. The average Bonchev–Trinajstić information content (AvgIpc) is 2.16. The summed E-state index contributed by atoms with van der Waals surface area (Å²) in [5.74, 6) is -0.202. The number of alkyl halides is 3. The molecule has 0 aliphatic heterocycles. The van der Waals surface area contributed by atoms with Crippen molar-refractivity contribution in [3.05, 3.63) is 22.9 Å². The highest BCUT2D eigenvalue weighted by Gasteiger charge is 2.18. The molecule has 1 rings (SSSR count). The monoisotopic (exact) mass is 275 g/mol. The van der Waals surface area contributed by atoms with Gasteiger partial charge in [0.15, 0.2) is 0 Å². The first-order chi connectivity index (χ1) is 7.10. The van der Waals surface area contributed by atoms with Crippen molar-refractivity contribution in [1.82, 2.24) is 4.98 Å². The highest BCUT2D eigenvalue weighted by Crippen LogP contribution is 2.29. The quantitative estimate of drug-likeness (QED) is 0.863. The number of nitrogens with zero attached hydrogens (tertiary/aromatic N) is 2. The summed E-state index contributed by atoms with van der Waals surface area (Å²) in [6.07, 6.45) is -2.59. The van der Waals surface area contributed by atoms with E-state index >= 15 is 0 Å². The summed E-state index contributed by atoms with van der Waals surface area (Å²) in [7, 11) is 0. The molecule has 0 saturated carbocycles. The topological polar surface area (TPSA) is 62.7 Å². The van der Waals surface area contributed by atoms with Crippen LogP contribution in [0.4, 0.5) is 14.6 Å². The molecule has 2 N–H and O–H groups in total. The van der Waals surface area contributed by atoms with Gasteiger partial charge in [0.05, 0.1) is 23.7 Å². The first kappa shape index (κ1) is 11.9. The van der Waals surface area contributed by atoms with Gasteiger partial charge in [-0.05, 0) is 11.6 Å². The van der Waals surface area contributed by atoms with Gasteiger partial charge in [-0.15, -0.1) is 0 Å². The van der Waals surface area contributed by atoms with Crippen molar-refractivity contribution in [2.75, 3.05) is 5.73 Å². The Bertz CT molecular complexity index is 401. The van der Waals surface area contributed by atoms with E-state index in [4.69, 9.17) is 11.0 Å². The number of nitriles is 1. The minimum absolute atomic E-state index is 0.0632. The summed E-state index contributed by atoms with van der Waals surface area (Å²) >= 11 is 3.10. The van der Waals surface area contributed by atoms with Crippen molar-refractivity contribution in [2.45, 2.75) is 18.2 Å². The van der Waals surface area contributed by atoms with Crippen molar-refractivity contribution >= 4 is 21.7 Å². The van der Waals surface area contributed by atoms with Crippen LogP contribution in [0.25, 0.3) is 0 Å². The maximum absolute atomic E-state index is 12.6. The molecule has 6 heteroatoms. The Morgan fingerprint density at radius 2 is 2.27 bits per heavy atom. The molecule has 1 aromatic heterocycles. The van der Waals surface area contributed by atoms with Crippen LogP contribution < -0.4 is 5.73 Å². The number of hydrogen-bond donors (Lipinski definition) is 1. The highest BCUT2D eigenvalue weighted by atomic mass is 79.9. The molecule has 0 aliphatic carbocycles. The van der Waals surface area contributed by atoms with Gasteiger partial charge in [-0.3, -0.25) is 0 Å². The van der Waals surface area contributed by atoms with Crippen LogP contribution >= 0.6 is 15.9 Å². The van der Waals surface area contributed by atoms with Crippen LogP contribution in [0.1, 0.15) is 23.2 Å². The van der Waals surface area contributed by atoms with E-state index in [-0.39, 0.29) is 23.1 Å². The smallest absolute Gasteiger partial charge is 0.267 e. The Kier molecular flexibility index (Phi) is 3.97. The van der Waals surface area contributed by atoms with Crippen molar-refractivity contribution in [1.29, 1.82) is 5.26 Å². The normalized spacial score (nSPS) is 10.3. The number of nitrogens with two attached hydrogens (primary N) is 1. The van der Waals surface area contributed by atoms with E-state index in [1.165, 1.54) is 6.07 Å². The van der Waals surface area contributed by atoms with Crippen LogP contribution in [-0.4, -0.2) is 4.98 Å². The molecule has 1 heterocycles. The lowest BCUT2D eigenvalue weighted by atomic mass is 10.1. The maximum atomic E-state index is 12.6. The van der Waals surface area contributed by atoms with E-state index in [1.807, 2.05) is 6.07 Å². The number of halogens is 3. The van der Waals surface area contributed by atoms with Gasteiger partial charge in [0.25, 0.3) is 6.43 Å². The Balaban J connectivity index is 3.25. The number of anilines is 1. The highest BCUT2D eigenvalue weighted by molar-refractivity contribution is 9.08. The molecule has 0 amide bonds. The molecule has 0 radical (unpaired) electrons. The molecule has 80 valence electrons. The second-order valence-corrected chi connectivity index (χ2v) is 3.40. The van der Waals surface area contributed by atoms with Crippen LogP contribution in [0.2, 0.25) is 0 Å². The van der Waals surface area contributed by atoms with Crippen LogP contribution in [0.15, 0.2) is 6.07 Å². The van der Waals surface area contributed by atoms with Crippen LogP contribution in [-0.2, 0) is 11.8 Å². The largest absolute Gasteiger partial charge is 0.383 e. The Hall–Kier alpha value is -1.22. The molecule has 0 atom stereocenters. The first-order valence-corrected chi connectivity index (χ1v) is 5.21. The molecule has 0 saturated heterocycles. The second kappa shape index (κ2) is 5.03. The number of aromatic nitrogens is 1. The van der Waals surface area contributed by atoms with Crippen molar-refractivity contribution < 1.29 is 8.78 Å². The average molecular weight is 276 g/mol. The van der Waals surface area contributed by atoms with E-state index in [0.717, 1.165) is 0 Å². The van der Waals surface area contributed by atoms with Crippen LogP contribution in [0.5, 0.6) is 0 Å². The SMILES string of the molecule is N#CCc1cc(CBr)c(C(F)F)c(N)n1. The minimum Gasteiger partial charge on any atom is -0.383 e. The van der Waals surface area contributed by atoms with Gasteiger partial charge >= 0.3 is 0 Å². The maximum Gasteiger partial charge on any atom is 0.267 e. The third-order valence-corrected chi connectivity index (χ3v) is 2.45. The number of nitrogen functional groups attached to an aromatic ring is 1. The zero-order valence-electron chi connectivity index (χ0n) is 7.67. The van der Waals surface area contributed by atoms with Gasteiger partial charge in [-0.2, -0.15) is 5.26 Å². The Morgan fingerprint density at radius 3 is 2.73 bits per heavy atom. The predicted molar refractivity (Wildman–Crippen MR) is 55.6 cm³/mol. The molecular weight excluding hydrogens is 268 g/mol. The lowest BCUT2D eigenvalue weighted by Crippen LogP contribution is -2.05. The van der Waals surface area contributed by atoms with Gasteiger partial charge in [0.1, 0.15) is 5.82 Å². The molecule has 15 heavy (non-hydrogen) atoms. The van der Waals surface area contributed by atoms with Gasteiger partial charge in [-0.25, -0.2) is 13.8 Å². The molecule has 0 bridgehead atoms. The lowest BCUT2D eigenvalue weighted by Gasteiger charge is -2.10. The summed E-state index contributed by atoms with van der Waals surface area (Å²) < 4.78 is 25.2. The van der Waals surface area contributed by atoms with E-state index in [2.05, 4.69) is 20.9 Å². The summed E-state index contributed by atoms with van der Waals surface area (Å²) in [6.45, 7) is 0. The van der Waals surface area contributed by atoms with E-state index in [9.17, 15) is 8.78 Å². The summed E-state index contributed by atoms with van der Waals surface area (Å²) in [5, 5.41) is 8.72. The fraction of sp³-hybridized carbons (Fsp3) is 0.333. The van der Waals surface area contributed by atoms with E-state index in [1.54, 1.807) is 0 Å². The number of hydrogen-bond acceptors (Lipinski definition) is 3. The van der Waals surface area contributed by atoms with Crippen molar-refractivity contribution in [3.63, 3.8) is 0 Å². The summed E-state index contributed by atoms with van der Waals surface area (Å²) in [4.78, 5) is 3.75. The lowest BCUT2D eigenvalue weighted by molar-refractivity contribution is 0.151. The molecule has 3 nitrogen and oxygen atoms in total. The third-order valence-electron chi connectivity index (χ3n) is 1.85. The zero-order chi connectivity index (χ0) is 11.4. The van der Waals surface area contributed by atoms with E-state index < -0.39 is 6.43 Å². The molecule has 0 fully saturated rings. The third kappa shape index (κ3) is 2.63. The van der Waals surface area contributed by atoms with E-state index in [0.29, 0.717) is 11.3 Å².